The number of aromatic nitrogens is 2. The summed E-state index contributed by atoms with van der Waals surface area (Å²) in [5.41, 5.74) is 9.27. The minimum Gasteiger partial charge on any atom is -0.444 e. The first kappa shape index (κ1) is 19.5. The molecule has 2 amide bonds. The van der Waals surface area contributed by atoms with Gasteiger partial charge in [-0.05, 0) is 38.4 Å². The number of hydrogen-bond donors (Lipinski definition) is 0. The Balaban J connectivity index is 1.60. The summed E-state index contributed by atoms with van der Waals surface area (Å²) in [5.74, 6) is -0.0621. The van der Waals surface area contributed by atoms with Crippen LogP contribution in [0.5, 0.6) is 0 Å². The van der Waals surface area contributed by atoms with Gasteiger partial charge in [-0.3, -0.25) is 9.48 Å². The second kappa shape index (κ2) is 7.77. The van der Waals surface area contributed by atoms with Crippen LogP contribution in [0.25, 0.3) is 21.3 Å². The van der Waals surface area contributed by atoms with E-state index in [2.05, 4.69) is 15.1 Å². The van der Waals surface area contributed by atoms with Crippen LogP contribution in [0.15, 0.2) is 29.5 Å². The van der Waals surface area contributed by atoms with Crippen molar-refractivity contribution >= 4 is 28.6 Å². The number of fused-ring (bicyclic) bond motifs is 1. The van der Waals surface area contributed by atoms with Gasteiger partial charge in [-0.15, -0.1) is 0 Å². The molecule has 10 heteroatoms. The van der Waals surface area contributed by atoms with E-state index < -0.39 is 5.60 Å². The van der Waals surface area contributed by atoms with Gasteiger partial charge in [0.1, 0.15) is 12.1 Å². The van der Waals surface area contributed by atoms with Gasteiger partial charge < -0.3 is 14.5 Å². The molecule has 1 aliphatic heterocycles. The van der Waals surface area contributed by atoms with Crippen LogP contribution in [-0.4, -0.2) is 63.4 Å². The molecule has 0 saturated carbocycles. The van der Waals surface area contributed by atoms with E-state index in [0.717, 1.165) is 10.9 Å². The lowest BCUT2D eigenvalue weighted by Gasteiger charge is -2.35. The second-order valence-corrected chi connectivity index (χ2v) is 7.58. The summed E-state index contributed by atoms with van der Waals surface area (Å²) in [6.45, 7) is 7.39. The summed E-state index contributed by atoms with van der Waals surface area (Å²) < 4.78 is 7.00. The molecule has 0 spiro atoms. The molecular weight excluding hydrogens is 362 g/mol. The van der Waals surface area contributed by atoms with Crippen molar-refractivity contribution in [1.29, 1.82) is 0 Å². The highest BCUT2D eigenvalue weighted by Crippen LogP contribution is 2.21. The number of rotatable bonds is 3. The first-order valence-electron chi connectivity index (χ1n) is 9.03. The highest BCUT2D eigenvalue weighted by molar-refractivity contribution is 5.84. The first-order valence-corrected chi connectivity index (χ1v) is 9.03. The van der Waals surface area contributed by atoms with Crippen molar-refractivity contribution in [2.75, 3.05) is 26.2 Å². The molecular formula is C18H23N7O3. The Morgan fingerprint density at radius 2 is 1.89 bits per heavy atom. The van der Waals surface area contributed by atoms with Crippen LogP contribution in [0.2, 0.25) is 0 Å². The molecule has 10 nitrogen and oxygen atoms in total. The summed E-state index contributed by atoms with van der Waals surface area (Å²) in [7, 11) is 0. The van der Waals surface area contributed by atoms with E-state index in [1.54, 1.807) is 38.9 Å². The molecule has 0 atom stereocenters. The summed E-state index contributed by atoms with van der Waals surface area (Å²) in [5, 5.41) is 8.63. The lowest BCUT2D eigenvalue weighted by Crippen LogP contribution is -2.52. The van der Waals surface area contributed by atoms with Crippen molar-refractivity contribution in [2.45, 2.75) is 32.9 Å². The largest absolute Gasteiger partial charge is 0.444 e. The zero-order chi connectivity index (χ0) is 20.3. The Bertz CT molecular complexity index is 932. The standard InChI is InChI=1S/C18H23N7O3/c1-18(2,3)28-17(27)24-8-6-23(7-9-24)16(26)12-25-15-5-4-14(21-22-19)10-13(15)11-20-25/h4-5,10-11H,6-9,12H2,1-3H3. The monoisotopic (exact) mass is 385 g/mol. The molecule has 0 N–H and O–H groups in total. The van der Waals surface area contributed by atoms with Gasteiger partial charge >= 0.3 is 6.09 Å². The lowest BCUT2D eigenvalue weighted by molar-refractivity contribution is -0.133. The minimum absolute atomic E-state index is 0.0621. The maximum absolute atomic E-state index is 12.6. The quantitative estimate of drug-likeness (QED) is 0.458. The number of piperazine rings is 1. The third-order valence-electron chi connectivity index (χ3n) is 4.35. The second-order valence-electron chi connectivity index (χ2n) is 7.58. The molecule has 2 heterocycles. The van der Waals surface area contributed by atoms with Gasteiger partial charge in [0.2, 0.25) is 5.91 Å². The molecule has 148 valence electrons. The summed E-state index contributed by atoms with van der Waals surface area (Å²) in [6.07, 6.45) is 1.29. The Hall–Kier alpha value is -3.26. The van der Waals surface area contributed by atoms with Crippen molar-refractivity contribution in [3.05, 3.63) is 34.8 Å². The molecule has 0 radical (unpaired) electrons. The van der Waals surface area contributed by atoms with E-state index >= 15 is 0 Å². The zero-order valence-corrected chi connectivity index (χ0v) is 16.2. The lowest BCUT2D eigenvalue weighted by atomic mass is 10.2. The SMILES string of the molecule is CC(C)(C)OC(=O)N1CCN(C(=O)Cn2ncc3cc(N=[N+]=[N-])ccc32)CC1. The zero-order valence-electron chi connectivity index (χ0n) is 16.2. The molecule has 2 aromatic rings. The molecule has 1 saturated heterocycles. The van der Waals surface area contributed by atoms with Crippen molar-refractivity contribution < 1.29 is 14.3 Å². The van der Waals surface area contributed by atoms with E-state index in [4.69, 9.17) is 10.3 Å². The molecule has 0 bridgehead atoms. The van der Waals surface area contributed by atoms with Crippen molar-refractivity contribution in [3.63, 3.8) is 0 Å². The maximum atomic E-state index is 12.6. The number of hydrogen-bond acceptors (Lipinski definition) is 5. The molecule has 0 unspecified atom stereocenters. The summed E-state index contributed by atoms with van der Waals surface area (Å²) in [6, 6.07) is 5.19. The van der Waals surface area contributed by atoms with Gasteiger partial charge in [-0.1, -0.05) is 11.2 Å². The van der Waals surface area contributed by atoms with Crippen LogP contribution in [0.4, 0.5) is 10.5 Å². The van der Waals surface area contributed by atoms with Crippen molar-refractivity contribution in [3.8, 4) is 0 Å². The minimum atomic E-state index is -0.538. The van der Waals surface area contributed by atoms with Crippen LogP contribution in [0.3, 0.4) is 0 Å². The molecule has 28 heavy (non-hydrogen) atoms. The van der Waals surface area contributed by atoms with Gasteiger partial charge in [-0.25, -0.2) is 4.79 Å². The molecule has 3 rings (SSSR count). The highest BCUT2D eigenvalue weighted by atomic mass is 16.6. The summed E-state index contributed by atoms with van der Waals surface area (Å²) in [4.78, 5) is 30.9. The highest BCUT2D eigenvalue weighted by Gasteiger charge is 2.27. The fraction of sp³-hybridized carbons (Fsp3) is 0.500. The molecule has 1 aliphatic rings. The summed E-state index contributed by atoms with van der Waals surface area (Å²) >= 11 is 0. The molecule has 1 aromatic heterocycles. The van der Waals surface area contributed by atoms with Crippen molar-refractivity contribution in [1.82, 2.24) is 19.6 Å². The average Bonchev–Trinajstić information content (AvgIpc) is 3.03. The number of carbonyl (C=O) groups excluding carboxylic acids is 2. The number of benzene rings is 1. The van der Waals surface area contributed by atoms with Gasteiger partial charge in [0.05, 0.1) is 11.7 Å². The van der Waals surface area contributed by atoms with Crippen LogP contribution in [0.1, 0.15) is 20.8 Å². The number of carbonyl (C=O) groups is 2. The normalized spacial score (nSPS) is 14.7. The fourth-order valence-corrected chi connectivity index (χ4v) is 3.01. The van der Waals surface area contributed by atoms with Crippen LogP contribution in [-0.2, 0) is 16.1 Å². The van der Waals surface area contributed by atoms with Crippen LogP contribution < -0.4 is 0 Å². The van der Waals surface area contributed by atoms with E-state index in [9.17, 15) is 9.59 Å². The smallest absolute Gasteiger partial charge is 0.410 e. The van der Waals surface area contributed by atoms with Crippen molar-refractivity contribution in [2.24, 2.45) is 5.11 Å². The van der Waals surface area contributed by atoms with Crippen LogP contribution in [0, 0.1) is 0 Å². The number of amides is 2. The van der Waals surface area contributed by atoms with Gasteiger partial charge in [0, 0.05) is 42.2 Å². The Kier molecular flexibility index (Phi) is 5.41. The molecule has 1 fully saturated rings. The first-order chi connectivity index (χ1) is 13.3. The maximum Gasteiger partial charge on any atom is 0.410 e. The van der Waals surface area contributed by atoms with E-state index in [1.165, 1.54) is 0 Å². The van der Waals surface area contributed by atoms with Crippen LogP contribution >= 0.6 is 0 Å². The predicted molar refractivity (Wildman–Crippen MR) is 103 cm³/mol. The van der Waals surface area contributed by atoms with E-state index in [0.29, 0.717) is 31.9 Å². The third kappa shape index (κ3) is 4.52. The van der Waals surface area contributed by atoms with E-state index in [1.807, 2.05) is 20.8 Å². The molecule has 1 aromatic carbocycles. The average molecular weight is 385 g/mol. The Labute approximate surface area is 162 Å². The van der Waals surface area contributed by atoms with E-state index in [-0.39, 0.29) is 18.5 Å². The predicted octanol–water partition coefficient (Wildman–Crippen LogP) is 3.06. The fourth-order valence-electron chi connectivity index (χ4n) is 3.01. The number of ether oxygens (including phenoxy) is 1. The number of nitrogens with zero attached hydrogens (tertiary/aromatic N) is 7. The Morgan fingerprint density at radius 1 is 1.21 bits per heavy atom. The number of azide groups is 1. The van der Waals surface area contributed by atoms with Gasteiger partial charge in [0.15, 0.2) is 0 Å². The topological polar surface area (TPSA) is 116 Å². The van der Waals surface area contributed by atoms with Gasteiger partial charge in [-0.2, -0.15) is 5.10 Å². The Morgan fingerprint density at radius 3 is 2.54 bits per heavy atom. The third-order valence-corrected chi connectivity index (χ3v) is 4.35. The molecule has 0 aliphatic carbocycles. The van der Waals surface area contributed by atoms with Gasteiger partial charge in [0.25, 0.3) is 0 Å².